The van der Waals surface area contributed by atoms with E-state index in [4.69, 9.17) is 9.84 Å². The highest BCUT2D eigenvalue weighted by Crippen LogP contribution is 2.37. The number of carboxylic acids is 1. The standard InChI is InChI=1S/C33H23F6NO4/c34-32(35,36)24-13-23(14-25(15-24)33(37,38)39)31(43)28-18-40(17-21-8-6-20(7-9-21)12-30(41)42)29-11-10-26(16-27(28)29)44-19-22-4-2-1-3-5-22/h1-11,13-16,18H,12,17,19H2,(H,41,42). The van der Waals surface area contributed by atoms with Crippen LogP contribution < -0.4 is 4.74 Å². The maximum Gasteiger partial charge on any atom is 0.416 e. The lowest BCUT2D eigenvalue weighted by atomic mass is 9.97. The molecule has 0 spiro atoms. The molecule has 0 unspecified atom stereocenters. The first-order valence-corrected chi connectivity index (χ1v) is 13.2. The number of ketones is 1. The molecule has 1 aromatic heterocycles. The van der Waals surface area contributed by atoms with E-state index in [1.54, 1.807) is 41.0 Å². The molecule has 5 nitrogen and oxygen atoms in total. The zero-order chi connectivity index (χ0) is 31.6. The first kappa shape index (κ1) is 30.4. The number of hydrogen-bond donors (Lipinski definition) is 1. The average Bonchev–Trinajstić information content (AvgIpc) is 3.33. The van der Waals surface area contributed by atoms with Crippen molar-refractivity contribution in [2.45, 2.75) is 31.9 Å². The molecule has 0 aliphatic heterocycles. The molecule has 11 heteroatoms. The fraction of sp³-hybridized carbons (Fsp3) is 0.152. The topological polar surface area (TPSA) is 68.5 Å². The molecule has 226 valence electrons. The Kier molecular flexibility index (Phi) is 8.23. The largest absolute Gasteiger partial charge is 0.489 e. The van der Waals surface area contributed by atoms with Crippen LogP contribution in [-0.4, -0.2) is 21.4 Å². The van der Waals surface area contributed by atoms with Gasteiger partial charge in [0.1, 0.15) is 12.4 Å². The monoisotopic (exact) mass is 611 g/mol. The van der Waals surface area contributed by atoms with Gasteiger partial charge in [0.2, 0.25) is 0 Å². The molecule has 1 heterocycles. The fourth-order valence-corrected chi connectivity index (χ4v) is 4.79. The van der Waals surface area contributed by atoms with Crippen molar-refractivity contribution in [2.24, 2.45) is 0 Å². The quantitative estimate of drug-likeness (QED) is 0.135. The smallest absolute Gasteiger partial charge is 0.416 e. The second-order valence-electron chi connectivity index (χ2n) is 10.1. The van der Waals surface area contributed by atoms with Crippen LogP contribution in [0.3, 0.4) is 0 Å². The number of ether oxygens (including phenoxy) is 1. The summed E-state index contributed by atoms with van der Waals surface area (Å²) in [5.41, 5.74) is -1.42. The van der Waals surface area contributed by atoms with Crippen LogP contribution >= 0.6 is 0 Å². The maximum absolute atomic E-state index is 13.7. The molecule has 0 aliphatic rings. The normalized spacial score (nSPS) is 12.0. The van der Waals surface area contributed by atoms with Crippen LogP contribution in [0.4, 0.5) is 26.3 Å². The lowest BCUT2D eigenvalue weighted by molar-refractivity contribution is -0.143. The minimum atomic E-state index is -5.12. The third-order valence-corrected chi connectivity index (χ3v) is 6.93. The lowest BCUT2D eigenvalue weighted by Gasteiger charge is -2.13. The molecule has 0 radical (unpaired) electrons. The molecule has 0 atom stereocenters. The van der Waals surface area contributed by atoms with Gasteiger partial charge in [-0.3, -0.25) is 9.59 Å². The van der Waals surface area contributed by atoms with Crippen molar-refractivity contribution in [3.8, 4) is 5.75 Å². The number of aromatic nitrogens is 1. The van der Waals surface area contributed by atoms with Gasteiger partial charge in [-0.15, -0.1) is 0 Å². The van der Waals surface area contributed by atoms with E-state index < -0.39 is 40.8 Å². The summed E-state index contributed by atoms with van der Waals surface area (Å²) in [6.45, 7) is 0.360. The van der Waals surface area contributed by atoms with Gasteiger partial charge >= 0.3 is 18.3 Å². The predicted molar refractivity (Wildman–Crippen MR) is 149 cm³/mol. The summed E-state index contributed by atoms with van der Waals surface area (Å²) in [6.07, 6.45) is -9.02. The summed E-state index contributed by atoms with van der Waals surface area (Å²) < 4.78 is 88.8. The first-order valence-electron chi connectivity index (χ1n) is 13.2. The Labute approximate surface area is 246 Å². The van der Waals surface area contributed by atoms with Gasteiger partial charge < -0.3 is 14.4 Å². The SMILES string of the molecule is O=C(O)Cc1ccc(Cn2cc(C(=O)c3cc(C(F)(F)F)cc(C(F)(F)F)c3)c3cc(OCc4ccccc4)ccc32)cc1. The summed E-state index contributed by atoms with van der Waals surface area (Å²) in [5.74, 6) is -1.68. The summed E-state index contributed by atoms with van der Waals surface area (Å²) in [7, 11) is 0. The number of aliphatic carboxylic acids is 1. The number of hydrogen-bond acceptors (Lipinski definition) is 3. The van der Waals surface area contributed by atoms with Crippen LogP contribution in [0.25, 0.3) is 10.9 Å². The third-order valence-electron chi connectivity index (χ3n) is 6.93. The zero-order valence-corrected chi connectivity index (χ0v) is 22.7. The van der Waals surface area contributed by atoms with Gasteiger partial charge in [-0.2, -0.15) is 26.3 Å². The molecular formula is C33H23F6NO4. The van der Waals surface area contributed by atoms with Crippen LogP contribution in [0.2, 0.25) is 0 Å². The van der Waals surface area contributed by atoms with Crippen LogP contribution in [0.5, 0.6) is 5.75 Å². The van der Waals surface area contributed by atoms with E-state index in [9.17, 15) is 35.9 Å². The summed E-state index contributed by atoms with van der Waals surface area (Å²) in [4.78, 5) is 24.7. The Hall–Kier alpha value is -5.06. The fourth-order valence-electron chi connectivity index (χ4n) is 4.79. The second-order valence-corrected chi connectivity index (χ2v) is 10.1. The molecular weight excluding hydrogens is 588 g/mol. The van der Waals surface area contributed by atoms with Crippen molar-refractivity contribution in [3.63, 3.8) is 0 Å². The van der Waals surface area contributed by atoms with Gasteiger partial charge in [0.05, 0.1) is 17.5 Å². The summed E-state index contributed by atoms with van der Waals surface area (Å²) in [5, 5.41) is 9.29. The Morgan fingerprint density at radius 3 is 1.93 bits per heavy atom. The van der Waals surface area contributed by atoms with Gasteiger partial charge in [0.25, 0.3) is 0 Å². The summed E-state index contributed by atoms with van der Waals surface area (Å²) in [6, 6.07) is 21.5. The van der Waals surface area contributed by atoms with Crippen LogP contribution in [0.15, 0.2) is 97.2 Å². The number of benzene rings is 4. The van der Waals surface area contributed by atoms with E-state index in [1.165, 1.54) is 12.3 Å². The van der Waals surface area contributed by atoms with Crippen LogP contribution in [0.1, 0.15) is 43.7 Å². The molecule has 0 saturated heterocycles. The molecule has 1 N–H and O–H groups in total. The molecule has 4 aromatic carbocycles. The van der Waals surface area contributed by atoms with E-state index in [-0.39, 0.29) is 36.6 Å². The first-order chi connectivity index (χ1) is 20.8. The molecule has 44 heavy (non-hydrogen) atoms. The highest BCUT2D eigenvalue weighted by atomic mass is 19.4. The zero-order valence-electron chi connectivity index (χ0n) is 22.7. The Morgan fingerprint density at radius 1 is 0.727 bits per heavy atom. The molecule has 0 bridgehead atoms. The van der Waals surface area contributed by atoms with Crippen LogP contribution in [0, 0.1) is 0 Å². The number of alkyl halides is 6. The molecule has 0 aliphatic carbocycles. The number of halogens is 6. The van der Waals surface area contributed by atoms with Crippen molar-refractivity contribution in [2.75, 3.05) is 0 Å². The number of nitrogens with zero attached hydrogens (tertiary/aromatic N) is 1. The molecule has 0 saturated carbocycles. The van der Waals surface area contributed by atoms with Crippen molar-refractivity contribution in [3.05, 3.63) is 136 Å². The van der Waals surface area contributed by atoms with Gasteiger partial charge in [0, 0.05) is 34.8 Å². The van der Waals surface area contributed by atoms with E-state index in [2.05, 4.69) is 0 Å². The molecule has 0 amide bonds. The summed E-state index contributed by atoms with van der Waals surface area (Å²) >= 11 is 0. The number of carbonyl (C=O) groups is 2. The highest BCUT2D eigenvalue weighted by Gasteiger charge is 2.37. The number of carbonyl (C=O) groups excluding carboxylic acids is 1. The predicted octanol–water partition coefficient (Wildman–Crippen LogP) is 8.16. The van der Waals surface area contributed by atoms with E-state index in [0.29, 0.717) is 29.0 Å². The third kappa shape index (κ3) is 6.94. The highest BCUT2D eigenvalue weighted by molar-refractivity contribution is 6.16. The van der Waals surface area contributed by atoms with Crippen molar-refractivity contribution < 1.29 is 45.8 Å². The number of fused-ring (bicyclic) bond motifs is 1. The van der Waals surface area contributed by atoms with E-state index >= 15 is 0 Å². The minimum Gasteiger partial charge on any atom is -0.489 e. The average molecular weight is 612 g/mol. The minimum absolute atomic E-state index is 0.0242. The Bertz CT molecular complexity index is 1790. The van der Waals surface area contributed by atoms with Gasteiger partial charge in [-0.25, -0.2) is 0 Å². The second kappa shape index (κ2) is 11.9. The Balaban J connectivity index is 1.58. The van der Waals surface area contributed by atoms with Gasteiger partial charge in [0.15, 0.2) is 5.78 Å². The Morgan fingerprint density at radius 2 is 1.34 bits per heavy atom. The lowest BCUT2D eigenvalue weighted by Crippen LogP contribution is -2.14. The molecule has 5 aromatic rings. The van der Waals surface area contributed by atoms with Gasteiger partial charge in [-0.1, -0.05) is 54.6 Å². The number of carboxylic acid groups (broad SMARTS) is 1. The van der Waals surface area contributed by atoms with Crippen molar-refractivity contribution in [1.29, 1.82) is 0 Å². The van der Waals surface area contributed by atoms with Crippen molar-refractivity contribution >= 4 is 22.7 Å². The number of rotatable bonds is 9. The van der Waals surface area contributed by atoms with E-state index in [0.717, 1.165) is 11.1 Å². The van der Waals surface area contributed by atoms with Crippen molar-refractivity contribution in [1.82, 2.24) is 4.57 Å². The van der Waals surface area contributed by atoms with Gasteiger partial charge in [-0.05, 0) is 53.1 Å². The molecule has 0 fully saturated rings. The van der Waals surface area contributed by atoms with E-state index in [1.807, 2.05) is 30.3 Å². The maximum atomic E-state index is 13.7. The molecule has 5 rings (SSSR count). The van der Waals surface area contributed by atoms with Crippen LogP contribution in [-0.2, 0) is 36.7 Å².